The summed E-state index contributed by atoms with van der Waals surface area (Å²) >= 11 is 0. The Bertz CT molecular complexity index is 405. The number of hydrogen-bond acceptors (Lipinski definition) is 3. The molecule has 0 aliphatic carbocycles. The van der Waals surface area contributed by atoms with E-state index in [9.17, 15) is 0 Å². The van der Waals surface area contributed by atoms with Crippen LogP contribution in [-0.4, -0.2) is 59.8 Å². The van der Waals surface area contributed by atoms with Crippen molar-refractivity contribution in [1.29, 1.82) is 0 Å². The van der Waals surface area contributed by atoms with Crippen molar-refractivity contribution >= 4 is 8.80 Å². The molecule has 0 spiro atoms. The molecule has 0 saturated carbocycles. The number of hydrogen-bond donors (Lipinski definition) is 0. The molecule has 0 aromatic rings. The van der Waals surface area contributed by atoms with Crippen LogP contribution >= 0.6 is 0 Å². The number of halogens is 1. The van der Waals surface area contributed by atoms with Gasteiger partial charge in [0.15, 0.2) is 0 Å². The first kappa shape index (κ1) is 38.5. The van der Waals surface area contributed by atoms with Crippen molar-refractivity contribution in [2.45, 2.75) is 150 Å². The van der Waals surface area contributed by atoms with E-state index in [0.717, 1.165) is 12.5 Å². The van der Waals surface area contributed by atoms with Gasteiger partial charge in [-0.05, 0) is 46.5 Å². The predicted molar refractivity (Wildman–Crippen MR) is 156 cm³/mol. The summed E-state index contributed by atoms with van der Waals surface area (Å²) in [6.45, 7) is 16.7. The van der Waals surface area contributed by atoms with Crippen molar-refractivity contribution < 1.29 is 30.2 Å². The van der Waals surface area contributed by atoms with Gasteiger partial charge in [-0.1, -0.05) is 90.9 Å². The van der Waals surface area contributed by atoms with E-state index in [-0.39, 0.29) is 12.4 Å². The first-order chi connectivity index (χ1) is 17.0. The van der Waals surface area contributed by atoms with Gasteiger partial charge in [0, 0.05) is 32.3 Å². The SMILES string of the molecule is CCCCCCCCCC[N+](C)(CCCCCCCCCC)CCC[Si](OCC)(OCC)OCC.[Cl-]. The number of rotatable bonds is 28. The minimum atomic E-state index is -2.53. The molecule has 4 nitrogen and oxygen atoms in total. The molecule has 0 rings (SSSR count). The molecule has 0 unspecified atom stereocenters. The number of unbranched alkanes of at least 4 members (excludes halogenated alkanes) is 14. The molecule has 0 aromatic carbocycles. The average molecular weight is 552 g/mol. The lowest BCUT2D eigenvalue weighted by Crippen LogP contribution is -3.00. The van der Waals surface area contributed by atoms with Crippen LogP contribution in [0, 0.1) is 0 Å². The lowest BCUT2D eigenvalue weighted by Gasteiger charge is -2.36. The van der Waals surface area contributed by atoms with E-state index in [4.69, 9.17) is 13.3 Å². The van der Waals surface area contributed by atoms with E-state index >= 15 is 0 Å². The zero-order valence-corrected chi connectivity index (χ0v) is 27.3. The van der Waals surface area contributed by atoms with E-state index < -0.39 is 8.80 Å². The first-order valence-corrected chi connectivity index (χ1v) is 17.7. The Morgan fingerprint density at radius 3 is 1.08 bits per heavy atom. The lowest BCUT2D eigenvalue weighted by atomic mass is 10.1. The van der Waals surface area contributed by atoms with Crippen molar-refractivity contribution in [3.8, 4) is 0 Å². The average Bonchev–Trinajstić information content (AvgIpc) is 2.83. The zero-order chi connectivity index (χ0) is 26.1. The molecule has 0 radical (unpaired) electrons. The van der Waals surface area contributed by atoms with Gasteiger partial charge in [0.25, 0.3) is 0 Å². The molecule has 0 aliphatic rings. The highest BCUT2D eigenvalue weighted by atomic mass is 35.5. The Kier molecular flexibility index (Phi) is 28.8. The fraction of sp³-hybridized carbons (Fsp3) is 1.00. The van der Waals surface area contributed by atoms with Crippen LogP contribution in [0.1, 0.15) is 144 Å². The summed E-state index contributed by atoms with van der Waals surface area (Å²) in [5.41, 5.74) is 0. The Morgan fingerprint density at radius 1 is 0.444 bits per heavy atom. The summed E-state index contributed by atoms with van der Waals surface area (Å²) in [6, 6.07) is 0.950. The van der Waals surface area contributed by atoms with Crippen LogP contribution in [0.4, 0.5) is 0 Å². The van der Waals surface area contributed by atoms with Gasteiger partial charge in [-0.25, -0.2) is 0 Å². The van der Waals surface area contributed by atoms with Crippen LogP contribution < -0.4 is 12.4 Å². The minimum Gasteiger partial charge on any atom is -1.00 e. The fourth-order valence-electron chi connectivity index (χ4n) is 5.27. The van der Waals surface area contributed by atoms with Crippen LogP contribution in [-0.2, 0) is 13.3 Å². The first-order valence-electron chi connectivity index (χ1n) is 15.8. The third kappa shape index (κ3) is 21.3. The zero-order valence-electron chi connectivity index (χ0n) is 25.5. The molecule has 0 N–H and O–H groups in total. The van der Waals surface area contributed by atoms with Crippen LogP contribution in [0.2, 0.25) is 6.04 Å². The van der Waals surface area contributed by atoms with Gasteiger partial charge in [-0.15, -0.1) is 0 Å². The summed E-state index contributed by atoms with van der Waals surface area (Å²) in [5.74, 6) is 0. The van der Waals surface area contributed by atoms with Crippen molar-refractivity contribution in [1.82, 2.24) is 0 Å². The quantitative estimate of drug-likeness (QED) is 0.0662. The smallest absolute Gasteiger partial charge is 0.501 e. The molecule has 0 fully saturated rings. The maximum absolute atomic E-state index is 6.12. The second-order valence-electron chi connectivity index (χ2n) is 10.8. The van der Waals surface area contributed by atoms with Crippen LogP contribution in [0.25, 0.3) is 0 Å². The van der Waals surface area contributed by atoms with Gasteiger partial charge >= 0.3 is 8.80 Å². The molecule has 6 heteroatoms. The molecule has 0 saturated heterocycles. The monoisotopic (exact) mass is 551 g/mol. The molecule has 0 heterocycles. The molecule has 220 valence electrons. The normalized spacial score (nSPS) is 12.2. The molecule has 0 aromatic heterocycles. The highest BCUT2D eigenvalue weighted by Gasteiger charge is 2.40. The molecular formula is C30H66ClNO3Si. The Balaban J connectivity index is 0. The van der Waals surface area contributed by atoms with Crippen molar-refractivity contribution in [2.75, 3.05) is 46.5 Å². The number of nitrogens with zero attached hydrogens (tertiary/aromatic N) is 1. The Labute approximate surface area is 235 Å². The van der Waals surface area contributed by atoms with Gasteiger partial charge in [-0.3, -0.25) is 0 Å². The summed E-state index contributed by atoms with van der Waals surface area (Å²) in [4.78, 5) is 0. The lowest BCUT2D eigenvalue weighted by molar-refractivity contribution is -0.910. The van der Waals surface area contributed by atoms with Crippen molar-refractivity contribution in [2.24, 2.45) is 0 Å². The van der Waals surface area contributed by atoms with E-state index in [1.807, 2.05) is 0 Å². The van der Waals surface area contributed by atoms with Gasteiger partial charge in [0.1, 0.15) is 0 Å². The van der Waals surface area contributed by atoms with Crippen LogP contribution in [0.3, 0.4) is 0 Å². The highest BCUT2D eigenvalue weighted by Crippen LogP contribution is 2.21. The molecular weight excluding hydrogens is 486 g/mol. The largest absolute Gasteiger partial charge is 1.00 e. The van der Waals surface area contributed by atoms with E-state index in [0.29, 0.717) is 19.8 Å². The summed E-state index contributed by atoms with van der Waals surface area (Å²) < 4.78 is 19.6. The van der Waals surface area contributed by atoms with Gasteiger partial charge in [-0.2, -0.15) is 0 Å². The van der Waals surface area contributed by atoms with E-state index in [1.54, 1.807) is 0 Å². The molecule has 0 amide bonds. The third-order valence-corrected chi connectivity index (χ3v) is 10.5. The topological polar surface area (TPSA) is 27.7 Å². The van der Waals surface area contributed by atoms with Crippen molar-refractivity contribution in [3.63, 3.8) is 0 Å². The second-order valence-corrected chi connectivity index (χ2v) is 13.6. The van der Waals surface area contributed by atoms with Crippen LogP contribution in [0.15, 0.2) is 0 Å². The predicted octanol–water partition coefficient (Wildman–Crippen LogP) is 6.16. The van der Waals surface area contributed by atoms with E-state index in [1.165, 1.54) is 127 Å². The molecule has 0 aliphatic heterocycles. The second kappa shape index (κ2) is 26.9. The third-order valence-electron chi connectivity index (χ3n) is 7.38. The van der Waals surface area contributed by atoms with Crippen molar-refractivity contribution in [3.05, 3.63) is 0 Å². The Hall–Kier alpha value is 0.347. The fourth-order valence-corrected chi connectivity index (χ4v) is 7.86. The standard InChI is InChI=1S/C30H66NO3Si.ClH/c1-7-12-14-16-18-20-22-24-27-31(6,28-25-23-21-19-17-15-13-8-2)29-26-30-35(32-9-3,33-10-4)34-11-5;/h7-30H2,1-6H3;1H/q+1;/p-1. The Morgan fingerprint density at radius 2 is 0.750 bits per heavy atom. The molecule has 0 atom stereocenters. The van der Waals surface area contributed by atoms with Gasteiger partial charge in [0.2, 0.25) is 0 Å². The van der Waals surface area contributed by atoms with Crippen LogP contribution in [0.5, 0.6) is 0 Å². The van der Waals surface area contributed by atoms with Gasteiger partial charge < -0.3 is 30.2 Å². The minimum absolute atomic E-state index is 0. The maximum Gasteiger partial charge on any atom is 0.501 e. The van der Waals surface area contributed by atoms with Gasteiger partial charge in [0.05, 0.1) is 26.7 Å². The maximum atomic E-state index is 6.12. The number of quaternary nitrogens is 1. The molecule has 36 heavy (non-hydrogen) atoms. The highest BCUT2D eigenvalue weighted by molar-refractivity contribution is 6.60. The summed E-state index contributed by atoms with van der Waals surface area (Å²) in [6.07, 6.45) is 23.5. The van der Waals surface area contributed by atoms with E-state index in [2.05, 4.69) is 41.7 Å². The molecule has 0 bridgehead atoms. The summed E-state index contributed by atoms with van der Waals surface area (Å²) in [5, 5.41) is 0. The summed E-state index contributed by atoms with van der Waals surface area (Å²) in [7, 11) is -0.0177.